The van der Waals surface area contributed by atoms with Gasteiger partial charge in [-0.3, -0.25) is 4.79 Å². The van der Waals surface area contributed by atoms with Gasteiger partial charge in [-0.1, -0.05) is 24.3 Å². The molecule has 0 aliphatic rings. The Balaban J connectivity index is 2.01. The molecule has 2 rings (SSSR count). The summed E-state index contributed by atoms with van der Waals surface area (Å²) in [4.78, 5) is 12.2. The van der Waals surface area contributed by atoms with Crippen molar-refractivity contribution in [3.8, 4) is 5.75 Å². The summed E-state index contributed by atoms with van der Waals surface area (Å²) in [5.41, 5.74) is 4.22. The molecule has 0 spiro atoms. The number of hydrogen-bond donors (Lipinski definition) is 1. The van der Waals surface area contributed by atoms with Gasteiger partial charge in [0.15, 0.2) is 0 Å². The second kappa shape index (κ2) is 7.12. The second-order valence-electron chi connectivity index (χ2n) is 5.84. The Kier molecular flexibility index (Phi) is 5.21. The Hall–Kier alpha value is -2.29. The number of amides is 1. The van der Waals surface area contributed by atoms with Crippen LogP contribution < -0.4 is 10.1 Å². The van der Waals surface area contributed by atoms with Crippen LogP contribution in [-0.4, -0.2) is 12.0 Å². The van der Waals surface area contributed by atoms with E-state index in [2.05, 4.69) is 31.3 Å². The predicted molar refractivity (Wildman–Crippen MR) is 90.5 cm³/mol. The van der Waals surface area contributed by atoms with Crippen molar-refractivity contribution in [3.05, 3.63) is 59.2 Å². The Labute approximate surface area is 132 Å². The highest BCUT2D eigenvalue weighted by atomic mass is 16.5. The van der Waals surface area contributed by atoms with Gasteiger partial charge in [0.1, 0.15) is 5.75 Å². The number of ether oxygens (including phenoxy) is 1. The van der Waals surface area contributed by atoms with E-state index < -0.39 is 0 Å². The molecule has 0 atom stereocenters. The number of rotatable bonds is 5. The number of hydrogen-bond acceptors (Lipinski definition) is 2. The summed E-state index contributed by atoms with van der Waals surface area (Å²) in [5.74, 6) is 0.740. The van der Waals surface area contributed by atoms with Crippen LogP contribution in [0.5, 0.6) is 5.75 Å². The monoisotopic (exact) mass is 297 g/mol. The summed E-state index contributed by atoms with van der Waals surface area (Å²) in [6.45, 7) is 8.08. The van der Waals surface area contributed by atoms with Crippen LogP contribution >= 0.6 is 0 Å². The van der Waals surface area contributed by atoms with Gasteiger partial charge in [-0.2, -0.15) is 0 Å². The van der Waals surface area contributed by atoms with Crippen LogP contribution in [0.2, 0.25) is 0 Å². The summed E-state index contributed by atoms with van der Waals surface area (Å²) >= 11 is 0. The van der Waals surface area contributed by atoms with Gasteiger partial charge >= 0.3 is 0 Å². The van der Waals surface area contributed by atoms with E-state index in [0.717, 1.165) is 17.0 Å². The van der Waals surface area contributed by atoms with E-state index in [-0.39, 0.29) is 12.0 Å². The van der Waals surface area contributed by atoms with Crippen molar-refractivity contribution >= 4 is 11.6 Å². The predicted octanol–water partition coefficient (Wildman–Crippen LogP) is 4.27. The Morgan fingerprint density at radius 2 is 1.86 bits per heavy atom. The molecule has 116 valence electrons. The summed E-state index contributed by atoms with van der Waals surface area (Å²) in [6.07, 6.45) is 0.484. The maximum absolute atomic E-state index is 12.2. The Morgan fingerprint density at radius 3 is 2.55 bits per heavy atom. The van der Waals surface area contributed by atoms with Gasteiger partial charge in [0.25, 0.3) is 0 Å². The highest BCUT2D eigenvalue weighted by molar-refractivity contribution is 5.92. The first-order chi connectivity index (χ1) is 10.4. The van der Waals surface area contributed by atoms with Gasteiger partial charge in [-0.25, -0.2) is 0 Å². The SMILES string of the molecule is Cc1ccc(CC(=O)Nc2cccc(OC(C)C)c2)cc1C. The minimum atomic E-state index is -0.0232. The molecule has 0 saturated heterocycles. The van der Waals surface area contributed by atoms with Gasteiger partial charge in [0, 0.05) is 11.8 Å². The van der Waals surface area contributed by atoms with E-state index in [0.29, 0.717) is 6.42 Å². The number of anilines is 1. The van der Waals surface area contributed by atoms with Crippen LogP contribution in [0.15, 0.2) is 42.5 Å². The number of carbonyl (C=O) groups is 1. The van der Waals surface area contributed by atoms with E-state index >= 15 is 0 Å². The summed E-state index contributed by atoms with van der Waals surface area (Å²) in [6, 6.07) is 13.6. The molecule has 0 aliphatic heterocycles. The average Bonchev–Trinajstić information content (AvgIpc) is 2.42. The molecule has 22 heavy (non-hydrogen) atoms. The quantitative estimate of drug-likeness (QED) is 0.895. The molecule has 0 heterocycles. The summed E-state index contributed by atoms with van der Waals surface area (Å²) in [5, 5.41) is 2.92. The molecular weight excluding hydrogens is 274 g/mol. The van der Waals surface area contributed by atoms with Crippen molar-refractivity contribution in [2.45, 2.75) is 40.2 Å². The van der Waals surface area contributed by atoms with Crippen LogP contribution in [0.1, 0.15) is 30.5 Å². The lowest BCUT2D eigenvalue weighted by molar-refractivity contribution is -0.115. The first kappa shape index (κ1) is 16.1. The number of nitrogens with one attached hydrogen (secondary N) is 1. The third kappa shape index (κ3) is 4.62. The molecule has 2 aromatic rings. The Bertz CT molecular complexity index is 662. The zero-order valence-electron chi connectivity index (χ0n) is 13.6. The van der Waals surface area contributed by atoms with Gasteiger partial charge in [0.05, 0.1) is 12.5 Å². The highest BCUT2D eigenvalue weighted by Gasteiger charge is 2.06. The topological polar surface area (TPSA) is 38.3 Å². The number of benzene rings is 2. The molecule has 0 bridgehead atoms. The molecule has 0 aliphatic carbocycles. The molecule has 0 aromatic heterocycles. The van der Waals surface area contributed by atoms with Crippen molar-refractivity contribution in [2.24, 2.45) is 0 Å². The van der Waals surface area contributed by atoms with Crippen molar-refractivity contribution in [2.75, 3.05) is 5.32 Å². The van der Waals surface area contributed by atoms with Gasteiger partial charge in [-0.15, -0.1) is 0 Å². The van der Waals surface area contributed by atoms with E-state index in [9.17, 15) is 4.79 Å². The average molecular weight is 297 g/mol. The standard InChI is InChI=1S/C19H23NO2/c1-13(2)22-18-7-5-6-17(12-18)20-19(21)11-16-9-8-14(3)15(4)10-16/h5-10,12-13H,11H2,1-4H3,(H,20,21). The maximum atomic E-state index is 12.2. The summed E-state index contributed by atoms with van der Waals surface area (Å²) in [7, 11) is 0. The number of carbonyl (C=O) groups excluding carboxylic acids is 1. The smallest absolute Gasteiger partial charge is 0.228 e. The van der Waals surface area contributed by atoms with Crippen LogP contribution in [-0.2, 0) is 11.2 Å². The third-order valence-corrected chi connectivity index (χ3v) is 3.43. The van der Waals surface area contributed by atoms with Crippen molar-refractivity contribution in [3.63, 3.8) is 0 Å². The fourth-order valence-corrected chi connectivity index (χ4v) is 2.22. The number of aryl methyl sites for hydroxylation is 2. The molecule has 3 heteroatoms. The van der Waals surface area contributed by atoms with Crippen molar-refractivity contribution < 1.29 is 9.53 Å². The molecular formula is C19H23NO2. The van der Waals surface area contributed by atoms with Crippen molar-refractivity contribution in [1.29, 1.82) is 0 Å². The zero-order chi connectivity index (χ0) is 16.1. The first-order valence-electron chi connectivity index (χ1n) is 7.57. The minimum absolute atomic E-state index is 0.0232. The lowest BCUT2D eigenvalue weighted by Gasteiger charge is -2.11. The van der Waals surface area contributed by atoms with E-state index in [4.69, 9.17) is 4.74 Å². The minimum Gasteiger partial charge on any atom is -0.491 e. The molecule has 0 fully saturated rings. The highest BCUT2D eigenvalue weighted by Crippen LogP contribution is 2.19. The third-order valence-electron chi connectivity index (χ3n) is 3.43. The normalized spacial score (nSPS) is 10.6. The van der Waals surface area contributed by atoms with Gasteiger partial charge in [0.2, 0.25) is 5.91 Å². The molecule has 0 unspecified atom stereocenters. The van der Waals surface area contributed by atoms with Crippen LogP contribution in [0.3, 0.4) is 0 Å². The molecule has 1 N–H and O–H groups in total. The maximum Gasteiger partial charge on any atom is 0.228 e. The largest absolute Gasteiger partial charge is 0.491 e. The molecule has 0 radical (unpaired) electrons. The van der Waals surface area contributed by atoms with Gasteiger partial charge < -0.3 is 10.1 Å². The van der Waals surface area contributed by atoms with E-state index in [1.54, 1.807) is 0 Å². The second-order valence-corrected chi connectivity index (χ2v) is 5.84. The lowest BCUT2D eigenvalue weighted by Crippen LogP contribution is -2.14. The van der Waals surface area contributed by atoms with E-state index in [1.807, 2.05) is 44.2 Å². The molecule has 3 nitrogen and oxygen atoms in total. The molecule has 0 saturated carbocycles. The Morgan fingerprint density at radius 1 is 1.09 bits per heavy atom. The molecule has 2 aromatic carbocycles. The first-order valence-corrected chi connectivity index (χ1v) is 7.57. The van der Waals surface area contributed by atoms with Crippen molar-refractivity contribution in [1.82, 2.24) is 0 Å². The van der Waals surface area contributed by atoms with E-state index in [1.165, 1.54) is 11.1 Å². The van der Waals surface area contributed by atoms with Gasteiger partial charge in [-0.05, 0) is 56.5 Å². The van der Waals surface area contributed by atoms with Crippen LogP contribution in [0.4, 0.5) is 5.69 Å². The zero-order valence-corrected chi connectivity index (χ0v) is 13.6. The molecule has 1 amide bonds. The summed E-state index contributed by atoms with van der Waals surface area (Å²) < 4.78 is 5.63. The fourth-order valence-electron chi connectivity index (χ4n) is 2.22. The lowest BCUT2D eigenvalue weighted by atomic mass is 10.0. The fraction of sp³-hybridized carbons (Fsp3) is 0.316. The van der Waals surface area contributed by atoms with Crippen LogP contribution in [0, 0.1) is 13.8 Å². The van der Waals surface area contributed by atoms with Crippen LogP contribution in [0.25, 0.3) is 0 Å².